The Morgan fingerprint density at radius 1 is 1.40 bits per heavy atom. The molecule has 2 N–H and O–H groups in total. The molecular formula is C15H18O5. The van der Waals surface area contributed by atoms with Crippen LogP contribution in [0.3, 0.4) is 0 Å². The minimum Gasteiger partial charge on any atom is -0.457 e. The fraction of sp³-hybridized carbons (Fsp3) is 0.667. The molecule has 2 saturated heterocycles. The highest BCUT2D eigenvalue weighted by molar-refractivity contribution is 5.91. The number of epoxide rings is 1. The van der Waals surface area contributed by atoms with Gasteiger partial charge in [0, 0.05) is 11.5 Å². The third kappa shape index (κ3) is 1.26. The van der Waals surface area contributed by atoms with Gasteiger partial charge in [-0.2, -0.15) is 0 Å². The van der Waals surface area contributed by atoms with Crippen LogP contribution in [0.4, 0.5) is 0 Å². The molecule has 0 spiro atoms. The van der Waals surface area contributed by atoms with E-state index in [0.717, 1.165) is 17.6 Å². The lowest BCUT2D eigenvalue weighted by atomic mass is 9.80. The number of carbonyl (C=O) groups excluding carboxylic acids is 1. The Kier molecular flexibility index (Phi) is 2.22. The van der Waals surface area contributed by atoms with Gasteiger partial charge in [-0.1, -0.05) is 12.2 Å². The summed E-state index contributed by atoms with van der Waals surface area (Å²) >= 11 is 0. The summed E-state index contributed by atoms with van der Waals surface area (Å²) in [6.45, 7) is 7.60. The second kappa shape index (κ2) is 3.53. The molecule has 20 heavy (non-hydrogen) atoms. The predicted octanol–water partition coefficient (Wildman–Crippen LogP) is 0.313. The molecule has 2 aliphatic carbocycles. The van der Waals surface area contributed by atoms with E-state index in [1.807, 2.05) is 13.8 Å². The normalized spacial score (nSPS) is 53.2. The number of esters is 1. The minimum atomic E-state index is -1.06. The van der Waals surface area contributed by atoms with E-state index in [1.165, 1.54) is 0 Å². The van der Waals surface area contributed by atoms with Gasteiger partial charge in [0.05, 0.1) is 18.1 Å². The van der Waals surface area contributed by atoms with Gasteiger partial charge in [0.2, 0.25) is 0 Å². The first-order valence-corrected chi connectivity index (χ1v) is 6.99. The van der Waals surface area contributed by atoms with E-state index in [0.29, 0.717) is 0 Å². The van der Waals surface area contributed by atoms with E-state index in [1.54, 1.807) is 0 Å². The molecule has 5 nitrogen and oxygen atoms in total. The molecule has 7 atom stereocenters. The Hall–Kier alpha value is -1.17. The first kappa shape index (κ1) is 12.6. The number of aliphatic hydroxyl groups is 2. The van der Waals surface area contributed by atoms with Gasteiger partial charge in [0.25, 0.3) is 0 Å². The Morgan fingerprint density at radius 2 is 2.10 bits per heavy atom. The molecule has 0 aromatic rings. The van der Waals surface area contributed by atoms with Crippen LogP contribution in [0.2, 0.25) is 0 Å². The number of rotatable bonds is 0. The molecular weight excluding hydrogens is 260 g/mol. The Balaban J connectivity index is 1.87. The summed E-state index contributed by atoms with van der Waals surface area (Å²) in [6, 6.07) is 0. The standard InChI is InChI=1S/C15H18O5/c1-5-7-4-8-15(3,20-8)10(7)13-9(12(17)11(5)16)6(2)14(18)19-13/h8-13,16-17H,2,4H2,1,3H3/t8-,9-,10+,11-,12-,13+,15-/m1/s1. The largest absolute Gasteiger partial charge is 0.457 e. The van der Waals surface area contributed by atoms with Gasteiger partial charge < -0.3 is 19.7 Å². The van der Waals surface area contributed by atoms with Crippen LogP contribution < -0.4 is 0 Å². The van der Waals surface area contributed by atoms with Crippen molar-refractivity contribution in [2.75, 3.05) is 0 Å². The van der Waals surface area contributed by atoms with Crippen molar-refractivity contribution in [2.45, 2.75) is 50.3 Å². The molecule has 108 valence electrons. The molecule has 4 rings (SSSR count). The molecule has 0 aromatic heterocycles. The number of fused-ring (bicyclic) bond motifs is 5. The first-order chi connectivity index (χ1) is 9.36. The highest BCUT2D eigenvalue weighted by Gasteiger charge is 2.70. The molecule has 2 heterocycles. The van der Waals surface area contributed by atoms with Crippen LogP contribution in [0.25, 0.3) is 0 Å². The minimum absolute atomic E-state index is 0.0903. The van der Waals surface area contributed by atoms with Gasteiger partial charge in [-0.25, -0.2) is 4.79 Å². The van der Waals surface area contributed by atoms with Gasteiger partial charge in [-0.05, 0) is 25.8 Å². The molecule has 0 amide bonds. The fourth-order valence-corrected chi connectivity index (χ4v) is 4.32. The van der Waals surface area contributed by atoms with Crippen molar-refractivity contribution in [2.24, 2.45) is 11.8 Å². The van der Waals surface area contributed by atoms with Crippen molar-refractivity contribution in [1.82, 2.24) is 0 Å². The third-order valence-corrected chi connectivity index (χ3v) is 5.61. The second-order valence-electron chi connectivity index (χ2n) is 6.54. The SMILES string of the molecule is C=C1C(=O)O[C@H]2[C@H]1[C@@H](O)[C@H](O)C(C)=C1C[C@H]3O[C@@]3(C)[C@@H]12. The number of hydrogen-bond donors (Lipinski definition) is 2. The van der Waals surface area contributed by atoms with Crippen molar-refractivity contribution in [3.63, 3.8) is 0 Å². The summed E-state index contributed by atoms with van der Waals surface area (Å²) in [5, 5.41) is 20.8. The number of ether oxygens (including phenoxy) is 2. The fourth-order valence-electron chi connectivity index (χ4n) is 4.32. The van der Waals surface area contributed by atoms with E-state index in [-0.39, 0.29) is 23.2 Å². The van der Waals surface area contributed by atoms with Crippen LogP contribution in [0.5, 0.6) is 0 Å². The molecule has 5 heteroatoms. The predicted molar refractivity (Wildman–Crippen MR) is 68.6 cm³/mol. The Bertz CT molecular complexity index is 565. The summed E-state index contributed by atoms with van der Waals surface area (Å²) in [5.41, 5.74) is 1.78. The Labute approximate surface area is 116 Å². The number of hydrogen-bond acceptors (Lipinski definition) is 5. The number of carbonyl (C=O) groups is 1. The second-order valence-corrected chi connectivity index (χ2v) is 6.54. The molecule has 2 aliphatic heterocycles. The molecule has 1 saturated carbocycles. The van der Waals surface area contributed by atoms with E-state index in [4.69, 9.17) is 9.47 Å². The zero-order valence-electron chi connectivity index (χ0n) is 11.5. The average molecular weight is 278 g/mol. The summed E-state index contributed by atoms with van der Waals surface area (Å²) in [5.74, 6) is -1.12. The maximum Gasteiger partial charge on any atom is 0.334 e. The van der Waals surface area contributed by atoms with Crippen molar-refractivity contribution in [3.8, 4) is 0 Å². The zero-order valence-corrected chi connectivity index (χ0v) is 11.5. The van der Waals surface area contributed by atoms with E-state index >= 15 is 0 Å². The van der Waals surface area contributed by atoms with E-state index in [9.17, 15) is 15.0 Å². The van der Waals surface area contributed by atoms with Gasteiger partial charge in [-0.15, -0.1) is 0 Å². The quantitative estimate of drug-likeness (QED) is 0.289. The summed E-state index contributed by atoms with van der Waals surface area (Å²) in [4.78, 5) is 11.8. The smallest absolute Gasteiger partial charge is 0.334 e. The van der Waals surface area contributed by atoms with E-state index < -0.39 is 30.2 Å². The van der Waals surface area contributed by atoms with Crippen LogP contribution >= 0.6 is 0 Å². The maximum absolute atomic E-state index is 11.8. The average Bonchev–Trinajstić information content (AvgIpc) is 2.85. The molecule has 0 radical (unpaired) electrons. The van der Waals surface area contributed by atoms with Gasteiger partial charge in [0.15, 0.2) is 0 Å². The summed E-state index contributed by atoms with van der Waals surface area (Å²) in [6.07, 6.45) is -1.64. The molecule has 4 aliphatic rings. The highest BCUT2D eigenvalue weighted by atomic mass is 16.6. The lowest BCUT2D eigenvalue weighted by molar-refractivity contribution is -0.142. The molecule has 0 bridgehead atoms. The van der Waals surface area contributed by atoms with Crippen molar-refractivity contribution >= 4 is 5.97 Å². The van der Waals surface area contributed by atoms with Gasteiger partial charge in [0.1, 0.15) is 17.8 Å². The van der Waals surface area contributed by atoms with Crippen LogP contribution in [-0.2, 0) is 14.3 Å². The third-order valence-electron chi connectivity index (χ3n) is 5.61. The summed E-state index contributed by atoms with van der Waals surface area (Å²) < 4.78 is 11.2. The highest BCUT2D eigenvalue weighted by Crippen LogP contribution is 2.61. The zero-order chi connectivity index (χ0) is 14.4. The first-order valence-electron chi connectivity index (χ1n) is 6.99. The molecule has 0 unspecified atom stereocenters. The van der Waals surface area contributed by atoms with Gasteiger partial charge in [-0.3, -0.25) is 0 Å². The van der Waals surface area contributed by atoms with Gasteiger partial charge >= 0.3 is 5.97 Å². The van der Waals surface area contributed by atoms with E-state index in [2.05, 4.69) is 6.58 Å². The lowest BCUT2D eigenvalue weighted by Crippen LogP contribution is -2.41. The summed E-state index contributed by atoms with van der Waals surface area (Å²) in [7, 11) is 0. The molecule has 0 aromatic carbocycles. The van der Waals surface area contributed by atoms with Crippen molar-refractivity contribution in [1.29, 1.82) is 0 Å². The van der Waals surface area contributed by atoms with Crippen LogP contribution in [0.1, 0.15) is 20.3 Å². The van der Waals surface area contributed by atoms with Crippen LogP contribution in [0, 0.1) is 11.8 Å². The van der Waals surface area contributed by atoms with Crippen LogP contribution in [-0.4, -0.2) is 46.2 Å². The number of aliphatic hydroxyl groups excluding tert-OH is 2. The maximum atomic E-state index is 11.8. The van der Waals surface area contributed by atoms with Crippen molar-refractivity contribution < 1.29 is 24.5 Å². The van der Waals surface area contributed by atoms with Crippen LogP contribution in [0.15, 0.2) is 23.3 Å². The lowest BCUT2D eigenvalue weighted by Gasteiger charge is -2.28. The topological polar surface area (TPSA) is 79.3 Å². The monoisotopic (exact) mass is 278 g/mol. The molecule has 3 fully saturated rings. The Morgan fingerprint density at radius 3 is 2.80 bits per heavy atom. The van der Waals surface area contributed by atoms with Crippen molar-refractivity contribution in [3.05, 3.63) is 23.3 Å².